The molecule has 92 valence electrons. The zero-order valence-corrected chi connectivity index (χ0v) is 10.3. The van der Waals surface area contributed by atoms with Gasteiger partial charge in [-0.3, -0.25) is 4.79 Å². The number of alkyl halides is 2. The number of rotatable bonds is 1. The van der Waals surface area contributed by atoms with Crippen LogP contribution in [0, 0.1) is 0 Å². The van der Waals surface area contributed by atoms with Gasteiger partial charge in [0.05, 0.1) is 0 Å². The Morgan fingerprint density at radius 1 is 1.41 bits per heavy atom. The molecule has 0 unspecified atom stereocenters. The number of carbonyl (C=O) groups is 1. The monoisotopic (exact) mass is 257 g/mol. The van der Waals surface area contributed by atoms with E-state index in [1.54, 1.807) is 0 Å². The molecule has 0 aromatic heterocycles. The van der Waals surface area contributed by atoms with Crippen molar-refractivity contribution in [1.82, 2.24) is 4.90 Å². The van der Waals surface area contributed by atoms with E-state index in [-0.39, 0.29) is 6.54 Å². The second-order valence-electron chi connectivity index (χ2n) is 4.32. The van der Waals surface area contributed by atoms with Gasteiger partial charge < -0.3 is 4.90 Å². The number of amides is 1. The second kappa shape index (κ2) is 4.29. The maximum Gasteiger partial charge on any atom is 0.322 e. The third-order valence-corrected chi connectivity index (χ3v) is 3.14. The van der Waals surface area contributed by atoms with Crippen LogP contribution < -0.4 is 0 Å². The average Bonchev–Trinajstić information content (AvgIpc) is 2.25. The first-order valence-electron chi connectivity index (χ1n) is 5.36. The Bertz CT molecular complexity index is 456. The second-order valence-corrected chi connectivity index (χ2v) is 4.83. The summed E-state index contributed by atoms with van der Waals surface area (Å²) in [5.41, 5.74) is 2.01. The van der Waals surface area contributed by atoms with E-state index in [0.717, 1.165) is 16.0 Å². The largest absolute Gasteiger partial charge is 0.333 e. The average molecular weight is 257 g/mol. The fraction of sp³-hybridized carbons (Fsp3) is 0.417. The molecule has 2 nitrogen and oxygen atoms in total. The molecule has 0 aliphatic carbocycles. The number of nitrogens with zero attached hydrogens (tertiary/aromatic N) is 1. The van der Waals surface area contributed by atoms with Gasteiger partial charge in [-0.1, -0.05) is 6.07 Å². The molecule has 0 N–H and O–H groups in total. The fourth-order valence-electron chi connectivity index (χ4n) is 1.99. The summed E-state index contributed by atoms with van der Waals surface area (Å²) in [5, 5.41) is 0. The van der Waals surface area contributed by atoms with E-state index in [9.17, 15) is 13.6 Å². The number of fused-ring (bicyclic) bond motifs is 1. The van der Waals surface area contributed by atoms with Gasteiger partial charge >= 0.3 is 5.92 Å². The highest BCUT2D eigenvalue weighted by molar-refractivity contribution is 7.80. The van der Waals surface area contributed by atoms with Gasteiger partial charge in [0.1, 0.15) is 0 Å². The van der Waals surface area contributed by atoms with Crippen molar-refractivity contribution in [3.63, 3.8) is 0 Å². The van der Waals surface area contributed by atoms with Crippen molar-refractivity contribution in [3.05, 3.63) is 29.3 Å². The summed E-state index contributed by atoms with van der Waals surface area (Å²) >= 11 is 4.21. The predicted octanol–water partition coefficient (Wildman–Crippen LogP) is 2.52. The van der Waals surface area contributed by atoms with Crippen LogP contribution in [0.4, 0.5) is 8.78 Å². The molecule has 1 aliphatic heterocycles. The van der Waals surface area contributed by atoms with Crippen molar-refractivity contribution in [1.29, 1.82) is 0 Å². The SMILES string of the molecule is CC(F)(F)C(=O)N1CCc2ccc(S)cc2C1. The van der Waals surface area contributed by atoms with Gasteiger partial charge in [-0.25, -0.2) is 0 Å². The molecule has 0 spiro atoms. The summed E-state index contributed by atoms with van der Waals surface area (Å²) in [5.74, 6) is -4.40. The highest BCUT2D eigenvalue weighted by Gasteiger charge is 2.37. The maximum atomic E-state index is 12.9. The molecule has 17 heavy (non-hydrogen) atoms. The molecular formula is C12H13F2NOS. The molecule has 0 bridgehead atoms. The van der Waals surface area contributed by atoms with Gasteiger partial charge in [-0.15, -0.1) is 12.6 Å². The number of carbonyl (C=O) groups excluding carboxylic acids is 1. The Labute approximate surface area is 104 Å². The van der Waals surface area contributed by atoms with Crippen molar-refractivity contribution in [3.8, 4) is 0 Å². The fourth-order valence-corrected chi connectivity index (χ4v) is 2.22. The summed E-state index contributed by atoms with van der Waals surface area (Å²) < 4.78 is 25.9. The lowest BCUT2D eigenvalue weighted by Crippen LogP contribution is -2.44. The molecule has 0 atom stereocenters. The summed E-state index contributed by atoms with van der Waals surface area (Å²) in [7, 11) is 0. The molecule has 0 saturated carbocycles. The molecule has 1 aliphatic rings. The molecule has 0 fully saturated rings. The first-order valence-corrected chi connectivity index (χ1v) is 5.80. The lowest BCUT2D eigenvalue weighted by Gasteiger charge is -2.30. The Kier molecular flexibility index (Phi) is 3.12. The minimum absolute atomic E-state index is 0.242. The van der Waals surface area contributed by atoms with Crippen LogP contribution in [0.1, 0.15) is 18.1 Å². The molecule has 5 heteroatoms. The van der Waals surface area contributed by atoms with E-state index >= 15 is 0 Å². The van der Waals surface area contributed by atoms with Crippen molar-refractivity contribution in [2.45, 2.75) is 30.7 Å². The van der Waals surface area contributed by atoms with Crippen molar-refractivity contribution in [2.24, 2.45) is 0 Å². The lowest BCUT2D eigenvalue weighted by molar-refractivity contribution is -0.155. The highest BCUT2D eigenvalue weighted by Crippen LogP contribution is 2.25. The van der Waals surface area contributed by atoms with Crippen molar-refractivity contribution in [2.75, 3.05) is 6.54 Å². The highest BCUT2D eigenvalue weighted by atomic mass is 32.1. The van der Waals surface area contributed by atoms with Gasteiger partial charge in [0.2, 0.25) is 0 Å². The van der Waals surface area contributed by atoms with E-state index in [1.807, 2.05) is 18.2 Å². The van der Waals surface area contributed by atoms with Crippen LogP contribution in [0.15, 0.2) is 23.1 Å². The first kappa shape index (κ1) is 12.4. The lowest BCUT2D eigenvalue weighted by atomic mass is 9.99. The third kappa shape index (κ3) is 2.60. The molecular weight excluding hydrogens is 244 g/mol. The Balaban J connectivity index is 2.21. The van der Waals surface area contributed by atoms with Gasteiger partial charge in [0.15, 0.2) is 0 Å². The molecule has 0 saturated heterocycles. The zero-order valence-electron chi connectivity index (χ0n) is 9.41. The van der Waals surface area contributed by atoms with Crippen LogP contribution in [0.3, 0.4) is 0 Å². The Hall–Kier alpha value is -1.10. The van der Waals surface area contributed by atoms with Crippen LogP contribution in [-0.2, 0) is 17.8 Å². The standard InChI is InChI=1S/C12H13F2NOS/c1-12(13,14)11(16)15-5-4-8-2-3-10(17)6-9(8)7-15/h2-3,6,17H,4-5,7H2,1H3. The van der Waals surface area contributed by atoms with Crippen molar-refractivity contribution >= 4 is 18.5 Å². The molecule has 1 aromatic carbocycles. The minimum Gasteiger partial charge on any atom is -0.333 e. The topological polar surface area (TPSA) is 20.3 Å². The quantitative estimate of drug-likeness (QED) is 0.766. The zero-order chi connectivity index (χ0) is 12.6. The van der Waals surface area contributed by atoms with Crippen LogP contribution in [-0.4, -0.2) is 23.3 Å². The normalized spacial score (nSPS) is 15.6. The summed E-state index contributed by atoms with van der Waals surface area (Å²) in [6, 6.07) is 5.63. The number of benzene rings is 1. The Morgan fingerprint density at radius 3 is 2.76 bits per heavy atom. The van der Waals surface area contributed by atoms with Gasteiger partial charge in [-0.05, 0) is 29.7 Å². The van der Waals surface area contributed by atoms with E-state index in [0.29, 0.717) is 19.9 Å². The minimum atomic E-state index is -3.30. The summed E-state index contributed by atoms with van der Waals surface area (Å²) in [6.45, 7) is 1.23. The van der Waals surface area contributed by atoms with Crippen LogP contribution in [0.5, 0.6) is 0 Å². The molecule has 0 radical (unpaired) electrons. The van der Waals surface area contributed by atoms with E-state index in [1.165, 1.54) is 4.90 Å². The molecule has 1 amide bonds. The summed E-state index contributed by atoms with van der Waals surface area (Å²) in [6.07, 6.45) is 0.616. The molecule has 1 heterocycles. The van der Waals surface area contributed by atoms with Crippen LogP contribution in [0.2, 0.25) is 0 Å². The summed E-state index contributed by atoms with van der Waals surface area (Å²) in [4.78, 5) is 13.5. The van der Waals surface area contributed by atoms with E-state index in [2.05, 4.69) is 12.6 Å². The molecule has 1 aromatic rings. The number of hydrogen-bond acceptors (Lipinski definition) is 2. The first-order chi connectivity index (χ1) is 7.88. The smallest absolute Gasteiger partial charge is 0.322 e. The van der Waals surface area contributed by atoms with Crippen molar-refractivity contribution < 1.29 is 13.6 Å². The van der Waals surface area contributed by atoms with Gasteiger partial charge in [-0.2, -0.15) is 8.78 Å². The van der Waals surface area contributed by atoms with E-state index in [4.69, 9.17) is 0 Å². The van der Waals surface area contributed by atoms with Crippen LogP contribution in [0.25, 0.3) is 0 Å². The van der Waals surface area contributed by atoms with Crippen LogP contribution >= 0.6 is 12.6 Å². The number of hydrogen-bond donors (Lipinski definition) is 1. The predicted molar refractivity (Wildman–Crippen MR) is 63.4 cm³/mol. The number of halogens is 2. The number of thiol groups is 1. The molecule has 2 rings (SSSR count). The third-order valence-electron chi connectivity index (χ3n) is 2.86. The van der Waals surface area contributed by atoms with Gasteiger partial charge in [0.25, 0.3) is 5.91 Å². The van der Waals surface area contributed by atoms with E-state index < -0.39 is 11.8 Å². The van der Waals surface area contributed by atoms with Gasteiger partial charge in [0, 0.05) is 24.9 Å². The maximum absolute atomic E-state index is 12.9. The Morgan fingerprint density at radius 2 is 2.12 bits per heavy atom.